The quantitative estimate of drug-likeness (QED) is 0.628. The summed E-state index contributed by atoms with van der Waals surface area (Å²) in [6, 6.07) is 2.36. The number of carbonyl (C=O) groups excluding carboxylic acids is 1. The zero-order valence-electron chi connectivity index (χ0n) is 16.4. The average molecular weight is 493 g/mol. The Balaban J connectivity index is 2.01. The maximum atomic E-state index is 13.2. The lowest BCUT2D eigenvalue weighted by Crippen LogP contribution is -2.41. The van der Waals surface area contributed by atoms with Gasteiger partial charge in [0.1, 0.15) is 9.90 Å². The Morgan fingerprint density at radius 2 is 1.97 bits per heavy atom. The van der Waals surface area contributed by atoms with E-state index >= 15 is 0 Å². The number of rotatable bonds is 6. The predicted octanol–water partition coefficient (Wildman–Crippen LogP) is 4.23. The van der Waals surface area contributed by atoms with Crippen LogP contribution < -0.4 is 4.72 Å². The van der Waals surface area contributed by atoms with E-state index in [4.69, 9.17) is 27.9 Å². The number of nitrogens with one attached hydrogen (secondary N) is 1. The molecule has 2 heterocycles. The summed E-state index contributed by atoms with van der Waals surface area (Å²) in [7, 11) is -4.24. The largest absolute Gasteiger partial charge is 0.505 e. The molecule has 0 spiro atoms. The van der Waals surface area contributed by atoms with Crippen molar-refractivity contribution < 1.29 is 23.1 Å². The van der Waals surface area contributed by atoms with Crippen LogP contribution in [0.1, 0.15) is 29.8 Å². The molecule has 7 nitrogen and oxygen atoms in total. The van der Waals surface area contributed by atoms with Crippen molar-refractivity contribution in [2.45, 2.75) is 25.2 Å². The Bertz CT molecular complexity index is 1050. The Kier molecular flexibility index (Phi) is 7.19. The van der Waals surface area contributed by atoms with Gasteiger partial charge in [0.15, 0.2) is 5.75 Å². The van der Waals surface area contributed by atoms with E-state index in [-0.39, 0.29) is 26.9 Å². The smallest absolute Gasteiger partial charge is 0.266 e. The number of aromatic hydroxyl groups is 1. The number of phenols is 1. The molecule has 1 aromatic carbocycles. The number of halogens is 2. The zero-order valence-corrected chi connectivity index (χ0v) is 19.6. The topological polar surface area (TPSA) is 95.9 Å². The number of hydrogen-bond acceptors (Lipinski definition) is 6. The van der Waals surface area contributed by atoms with Gasteiger partial charge >= 0.3 is 0 Å². The molecule has 30 heavy (non-hydrogen) atoms. The molecule has 1 aliphatic heterocycles. The van der Waals surface area contributed by atoms with Gasteiger partial charge in [-0.15, -0.1) is 11.3 Å². The number of thiophene rings is 1. The maximum Gasteiger partial charge on any atom is 0.266 e. The van der Waals surface area contributed by atoms with Crippen molar-refractivity contribution in [3.8, 4) is 5.75 Å². The number of phenolic OH excluding ortho intramolecular Hbond substituents is 1. The van der Waals surface area contributed by atoms with Crippen molar-refractivity contribution in [2.24, 2.45) is 5.92 Å². The third-order valence-corrected chi connectivity index (χ3v) is 7.46. The van der Waals surface area contributed by atoms with Crippen molar-refractivity contribution in [1.29, 1.82) is 0 Å². The minimum atomic E-state index is -4.24. The highest BCUT2D eigenvalue weighted by atomic mass is 35.5. The molecule has 1 aromatic heterocycles. The third-order valence-electron chi connectivity index (χ3n) is 4.52. The molecule has 0 atom stereocenters. The molecule has 0 saturated carbocycles. The van der Waals surface area contributed by atoms with Gasteiger partial charge in [0, 0.05) is 18.1 Å². The monoisotopic (exact) mass is 492 g/mol. The SMILES string of the molecule is CC(C)Cc1csc(NS(=O)(=O)c2cc(Cl)cc(Cl)c2O)c1C(=O)N1CCOCC1. The molecule has 1 amide bonds. The Morgan fingerprint density at radius 3 is 2.60 bits per heavy atom. The number of benzene rings is 1. The standard InChI is InChI=1S/C19H22Cl2N2O5S2/c1-11(2)7-12-10-29-18(16(12)19(25)23-3-5-28-6-4-23)22-30(26,27)15-9-13(20)8-14(21)17(15)24/h8-11,22,24H,3-7H2,1-2H3. The molecule has 2 N–H and O–H groups in total. The van der Waals surface area contributed by atoms with Crippen molar-refractivity contribution in [2.75, 3.05) is 31.0 Å². The minimum absolute atomic E-state index is 0.0643. The van der Waals surface area contributed by atoms with Gasteiger partial charge in [0.2, 0.25) is 0 Å². The second-order valence-electron chi connectivity index (χ2n) is 7.31. The van der Waals surface area contributed by atoms with E-state index in [0.29, 0.717) is 38.3 Å². The molecule has 2 aromatic rings. The summed E-state index contributed by atoms with van der Waals surface area (Å²) in [4.78, 5) is 14.4. The molecule has 0 aliphatic carbocycles. The van der Waals surface area contributed by atoms with Crippen molar-refractivity contribution >= 4 is 55.5 Å². The maximum absolute atomic E-state index is 13.2. The van der Waals surface area contributed by atoms with Crippen LogP contribution in [-0.2, 0) is 21.2 Å². The molecule has 0 bridgehead atoms. The molecule has 1 saturated heterocycles. The highest BCUT2D eigenvalue weighted by molar-refractivity contribution is 7.93. The lowest BCUT2D eigenvalue weighted by molar-refractivity contribution is 0.0303. The van der Waals surface area contributed by atoms with E-state index in [1.54, 1.807) is 10.3 Å². The van der Waals surface area contributed by atoms with Crippen molar-refractivity contribution in [3.05, 3.63) is 38.7 Å². The second kappa shape index (κ2) is 9.32. The Morgan fingerprint density at radius 1 is 1.30 bits per heavy atom. The lowest BCUT2D eigenvalue weighted by Gasteiger charge is -2.27. The van der Waals surface area contributed by atoms with Crippen LogP contribution in [-0.4, -0.2) is 50.6 Å². The van der Waals surface area contributed by atoms with E-state index < -0.39 is 20.7 Å². The van der Waals surface area contributed by atoms with E-state index in [9.17, 15) is 18.3 Å². The molecular formula is C19H22Cl2N2O5S2. The summed E-state index contributed by atoms with van der Waals surface area (Å²) in [6.07, 6.45) is 0.623. The normalized spacial score (nSPS) is 14.9. The Labute approximate surface area is 189 Å². The predicted molar refractivity (Wildman–Crippen MR) is 119 cm³/mol. The fourth-order valence-corrected chi connectivity index (χ4v) is 6.19. The van der Waals surface area contributed by atoms with Crippen LogP contribution in [0.2, 0.25) is 10.0 Å². The first-order valence-corrected chi connectivity index (χ1v) is 12.4. The number of morpholine rings is 1. The number of amides is 1. The van der Waals surface area contributed by atoms with Crippen LogP contribution in [0, 0.1) is 5.92 Å². The number of hydrogen-bond donors (Lipinski definition) is 2. The van der Waals surface area contributed by atoms with Crippen LogP contribution in [0.5, 0.6) is 5.75 Å². The molecule has 164 valence electrons. The van der Waals surface area contributed by atoms with Crippen LogP contribution in [0.3, 0.4) is 0 Å². The molecule has 3 rings (SSSR count). The average Bonchev–Trinajstić information content (AvgIpc) is 3.05. The first kappa shape index (κ1) is 23.1. The fourth-order valence-electron chi connectivity index (χ4n) is 3.14. The summed E-state index contributed by atoms with van der Waals surface area (Å²) >= 11 is 12.9. The van der Waals surface area contributed by atoms with E-state index in [2.05, 4.69) is 4.72 Å². The first-order chi connectivity index (χ1) is 14.1. The van der Waals surface area contributed by atoms with E-state index in [1.807, 2.05) is 13.8 Å². The summed E-state index contributed by atoms with van der Waals surface area (Å²) in [5, 5.41) is 12.0. The minimum Gasteiger partial charge on any atom is -0.505 e. The highest BCUT2D eigenvalue weighted by Gasteiger charge is 2.29. The fraction of sp³-hybridized carbons (Fsp3) is 0.421. The van der Waals surface area contributed by atoms with Crippen LogP contribution in [0.4, 0.5) is 5.00 Å². The molecule has 1 fully saturated rings. The molecule has 0 radical (unpaired) electrons. The number of ether oxygens (including phenoxy) is 1. The van der Waals surface area contributed by atoms with E-state index in [0.717, 1.165) is 23.0 Å². The molecule has 11 heteroatoms. The highest BCUT2D eigenvalue weighted by Crippen LogP contribution is 2.37. The number of anilines is 1. The van der Waals surface area contributed by atoms with Gasteiger partial charge < -0.3 is 14.7 Å². The molecule has 0 unspecified atom stereocenters. The Hall–Kier alpha value is -1.52. The lowest BCUT2D eigenvalue weighted by atomic mass is 10.0. The van der Waals surface area contributed by atoms with Gasteiger partial charge in [-0.2, -0.15) is 0 Å². The van der Waals surface area contributed by atoms with Crippen LogP contribution >= 0.6 is 34.5 Å². The van der Waals surface area contributed by atoms with Gasteiger partial charge in [0.25, 0.3) is 15.9 Å². The van der Waals surface area contributed by atoms with Gasteiger partial charge in [-0.05, 0) is 35.4 Å². The molecular weight excluding hydrogens is 471 g/mol. The van der Waals surface area contributed by atoms with Gasteiger partial charge in [-0.25, -0.2) is 8.42 Å². The first-order valence-electron chi connectivity index (χ1n) is 9.28. The summed E-state index contributed by atoms with van der Waals surface area (Å²) in [5.74, 6) is -0.578. The summed E-state index contributed by atoms with van der Waals surface area (Å²) in [6.45, 7) is 5.79. The van der Waals surface area contributed by atoms with Gasteiger partial charge in [-0.1, -0.05) is 37.0 Å². The van der Waals surface area contributed by atoms with Crippen molar-refractivity contribution in [1.82, 2.24) is 4.90 Å². The van der Waals surface area contributed by atoms with Gasteiger partial charge in [-0.3, -0.25) is 9.52 Å². The number of nitrogens with zero attached hydrogens (tertiary/aromatic N) is 1. The number of sulfonamides is 1. The summed E-state index contributed by atoms with van der Waals surface area (Å²) in [5.41, 5.74) is 1.10. The van der Waals surface area contributed by atoms with Gasteiger partial charge in [0.05, 0.1) is 23.8 Å². The zero-order chi connectivity index (χ0) is 22.1. The summed E-state index contributed by atoms with van der Waals surface area (Å²) < 4.78 is 33.7. The van der Waals surface area contributed by atoms with Crippen LogP contribution in [0.25, 0.3) is 0 Å². The second-order valence-corrected chi connectivity index (χ2v) is 10.7. The number of carbonyl (C=O) groups is 1. The van der Waals surface area contributed by atoms with E-state index in [1.165, 1.54) is 6.07 Å². The van der Waals surface area contributed by atoms with Crippen LogP contribution in [0.15, 0.2) is 22.4 Å². The van der Waals surface area contributed by atoms with Crippen molar-refractivity contribution in [3.63, 3.8) is 0 Å². The third kappa shape index (κ3) is 5.03. The molecule has 1 aliphatic rings.